The molecule has 0 saturated heterocycles. The number of terminal acetylenes is 1. The van der Waals surface area contributed by atoms with Crippen LogP contribution in [0.15, 0.2) is 0 Å². The summed E-state index contributed by atoms with van der Waals surface area (Å²) in [4.78, 5) is 51.3. The van der Waals surface area contributed by atoms with Gasteiger partial charge in [0.25, 0.3) is 0 Å². The molecule has 62 heavy (non-hydrogen) atoms. The van der Waals surface area contributed by atoms with E-state index in [4.69, 9.17) is 39.8 Å². The van der Waals surface area contributed by atoms with Gasteiger partial charge in [0.05, 0.1) is 13.2 Å². The largest absolute Gasteiger partial charge is 0.472 e. The summed E-state index contributed by atoms with van der Waals surface area (Å²) in [7, 11) is -10.4. The summed E-state index contributed by atoms with van der Waals surface area (Å²) in [5.74, 6) is 23.6. The minimum absolute atomic E-state index is 0. The standard InChI is InChI=1S/C26H52O16P2.C16H8OS.11H2/c1-2-3-4-5-6-7-8-9-10-11-12-13-14-15-20(28)40-19(16-38-18-27)17-39-44(36,37)42-26-23(31)21(29)25(22(30)24(26)32)41-43(33,34)35;1-3-5-6-7-8-9-10-11-12-13-15-18-16(17)14-4-2;;;;;;;;;;;/h19,21-27,29-32H,2-18H2,1H3,(H,36,37)(H2,33,34,35);1H,4,14H2,2H3;11*1H/t19-,21+,22?,23?,24+,25?,26?;;;;;;;;;;;;/m1............/s1. The molecule has 1 rings (SSSR count). The molecule has 0 aromatic rings. The fourth-order valence-electron chi connectivity index (χ4n) is 5.40. The van der Waals surface area contributed by atoms with Crippen molar-refractivity contribution in [1.82, 2.24) is 0 Å². The number of carbonyl (C=O) groups excluding carboxylic acids is 2. The molecule has 1 aliphatic carbocycles. The number of aliphatic hydroxyl groups excluding tert-OH is 5. The number of thioether (sulfide) groups is 1. The van der Waals surface area contributed by atoms with Gasteiger partial charge in [0.15, 0.2) is 0 Å². The van der Waals surface area contributed by atoms with Crippen LogP contribution in [0, 0.1) is 70.9 Å². The maximum absolute atomic E-state index is 12.5. The first kappa shape index (κ1) is 58.8. The molecule has 1 fully saturated rings. The van der Waals surface area contributed by atoms with Crippen molar-refractivity contribution in [2.45, 2.75) is 159 Å². The van der Waals surface area contributed by atoms with Gasteiger partial charge in [-0.05, 0) is 77.3 Å². The lowest BCUT2D eigenvalue weighted by Gasteiger charge is -2.43. The van der Waals surface area contributed by atoms with E-state index in [0.29, 0.717) is 12.8 Å². The fourth-order valence-corrected chi connectivity index (χ4v) is 7.46. The monoisotopic (exact) mass is 952 g/mol. The van der Waals surface area contributed by atoms with Gasteiger partial charge in [0, 0.05) is 40.3 Å². The summed E-state index contributed by atoms with van der Waals surface area (Å²) < 4.78 is 47.3. The Labute approximate surface area is 385 Å². The molecular weight excluding hydrogens is 870 g/mol. The lowest BCUT2D eigenvalue weighted by Crippen LogP contribution is -2.64. The summed E-state index contributed by atoms with van der Waals surface area (Å²) >= 11 is 0.963. The topological polar surface area (TPSA) is 276 Å². The van der Waals surface area contributed by atoms with E-state index >= 15 is 0 Å². The average Bonchev–Trinajstić information content (AvgIpc) is 3.22. The molecule has 1 saturated carbocycles. The third-order valence-corrected chi connectivity index (χ3v) is 10.5. The molecule has 8 atom stereocenters. The van der Waals surface area contributed by atoms with E-state index in [1.807, 2.05) is 6.92 Å². The van der Waals surface area contributed by atoms with Crippen LogP contribution in [0.2, 0.25) is 0 Å². The van der Waals surface area contributed by atoms with E-state index in [2.05, 4.69) is 75.9 Å². The zero-order valence-electron chi connectivity index (χ0n) is 35.1. The highest BCUT2D eigenvalue weighted by molar-refractivity contribution is 8.17. The van der Waals surface area contributed by atoms with Crippen molar-refractivity contribution in [2.24, 2.45) is 0 Å². The van der Waals surface area contributed by atoms with Gasteiger partial charge in [0.2, 0.25) is 5.12 Å². The third-order valence-electron chi connectivity index (χ3n) is 8.40. The smallest absolute Gasteiger partial charge is 0.457 e. The van der Waals surface area contributed by atoms with Gasteiger partial charge in [0.1, 0.15) is 49.5 Å². The molecule has 368 valence electrons. The summed E-state index contributed by atoms with van der Waals surface area (Å²) in [6, 6.07) is 0. The van der Waals surface area contributed by atoms with Crippen LogP contribution in [-0.2, 0) is 41.8 Å². The number of carbonyl (C=O) groups is 2. The molecule has 0 radical (unpaired) electrons. The van der Waals surface area contributed by atoms with Gasteiger partial charge in [-0.1, -0.05) is 90.9 Å². The van der Waals surface area contributed by atoms with Crippen LogP contribution in [-0.4, -0.2) is 114 Å². The first-order chi connectivity index (χ1) is 29.5. The zero-order valence-corrected chi connectivity index (χ0v) is 37.7. The summed E-state index contributed by atoms with van der Waals surface area (Å²) in [5, 5.41) is 52.1. The minimum Gasteiger partial charge on any atom is -0.457 e. The molecule has 17 nitrogen and oxygen atoms in total. The zero-order chi connectivity index (χ0) is 46.7. The van der Waals surface area contributed by atoms with Crippen molar-refractivity contribution in [3.8, 4) is 70.9 Å². The second-order valence-corrected chi connectivity index (χ2v) is 17.0. The molecule has 0 aromatic carbocycles. The van der Waals surface area contributed by atoms with Crippen molar-refractivity contribution in [2.75, 3.05) is 20.0 Å². The molecule has 8 N–H and O–H groups in total. The van der Waals surface area contributed by atoms with Gasteiger partial charge < -0.3 is 49.7 Å². The highest BCUT2D eigenvalue weighted by atomic mass is 32.2. The van der Waals surface area contributed by atoms with Crippen molar-refractivity contribution < 1.29 is 97.7 Å². The number of aliphatic hydroxyl groups is 5. The van der Waals surface area contributed by atoms with E-state index in [0.717, 1.165) is 43.9 Å². The quantitative estimate of drug-likeness (QED) is 0.0151. The molecule has 0 amide bonds. The number of hydrogen-bond donors (Lipinski definition) is 8. The predicted octanol–water partition coefficient (Wildman–Crippen LogP) is 6.14. The highest BCUT2D eigenvalue weighted by Gasteiger charge is 2.54. The molecule has 0 aliphatic heterocycles. The molecule has 0 spiro atoms. The minimum atomic E-state index is -5.27. The Morgan fingerprint density at radius 1 is 0.645 bits per heavy atom. The Bertz CT molecular complexity index is 1800. The Balaban J connectivity index is -0.000000111. The first-order valence-electron chi connectivity index (χ1n) is 20.2. The van der Waals surface area contributed by atoms with Gasteiger partial charge >= 0.3 is 21.6 Å². The van der Waals surface area contributed by atoms with Gasteiger partial charge in [-0.2, -0.15) is 0 Å². The number of hydrogen-bond acceptors (Lipinski definition) is 15. The van der Waals surface area contributed by atoms with E-state index in [1.54, 1.807) is 0 Å². The molecular formula is C42H82O17P2S. The Kier molecular flexibility index (Phi) is 34.3. The summed E-state index contributed by atoms with van der Waals surface area (Å²) in [5.41, 5.74) is 0. The summed E-state index contributed by atoms with van der Waals surface area (Å²) in [6.45, 7) is 2.23. The van der Waals surface area contributed by atoms with E-state index in [9.17, 15) is 44.0 Å². The van der Waals surface area contributed by atoms with Crippen molar-refractivity contribution in [3.63, 3.8) is 0 Å². The van der Waals surface area contributed by atoms with Crippen LogP contribution in [0.25, 0.3) is 0 Å². The molecule has 0 bridgehead atoms. The van der Waals surface area contributed by atoms with Crippen molar-refractivity contribution in [1.29, 1.82) is 0 Å². The van der Waals surface area contributed by atoms with Crippen LogP contribution in [0.3, 0.4) is 0 Å². The van der Waals surface area contributed by atoms with Crippen LogP contribution < -0.4 is 0 Å². The van der Waals surface area contributed by atoms with Crippen LogP contribution in [0.1, 0.15) is 132 Å². The average molecular weight is 953 g/mol. The normalized spacial score (nSPS) is 20.3. The number of esters is 1. The molecule has 1 aliphatic rings. The lowest BCUT2D eigenvalue weighted by atomic mass is 9.85. The molecule has 20 heteroatoms. The number of ether oxygens (including phenoxy) is 2. The first-order valence-corrected chi connectivity index (χ1v) is 24.0. The molecule has 5 unspecified atom stereocenters. The van der Waals surface area contributed by atoms with Crippen LogP contribution >= 0.6 is 27.4 Å². The Morgan fingerprint density at radius 3 is 1.55 bits per heavy atom. The Hall–Kier alpha value is -3.17. The number of unbranched alkanes of at least 4 members (excludes halogenated alkanes) is 12. The van der Waals surface area contributed by atoms with Gasteiger partial charge in [-0.3, -0.25) is 23.2 Å². The van der Waals surface area contributed by atoms with E-state index in [1.165, 1.54) is 51.4 Å². The van der Waals surface area contributed by atoms with Crippen LogP contribution in [0.5, 0.6) is 0 Å². The molecule has 0 heterocycles. The number of phosphoric acid groups is 2. The molecule has 0 aromatic heterocycles. The highest BCUT2D eigenvalue weighted by Crippen LogP contribution is 2.48. The number of rotatable bonds is 27. The SMILES string of the molecule is C#CC#CC#CC#CC#CC#CSC(=O)CCC.CCCCCCCCCCCCCCCC(=O)O[C@H](COCO)COP(=O)(O)OC1C(O)[C@H](O)C(OP(=O)(O)O)C(O)[C@@H]1O.[HH].[HH].[HH].[HH].[HH].[HH].[HH].[HH].[HH].[HH].[HH]. The van der Waals surface area contributed by atoms with Crippen molar-refractivity contribution >= 4 is 38.5 Å². The maximum atomic E-state index is 12.5. The maximum Gasteiger partial charge on any atom is 0.472 e. The van der Waals surface area contributed by atoms with Crippen molar-refractivity contribution in [3.05, 3.63) is 0 Å². The van der Waals surface area contributed by atoms with Crippen LogP contribution in [0.4, 0.5) is 0 Å². The lowest BCUT2D eigenvalue weighted by molar-refractivity contribution is -0.216. The Morgan fingerprint density at radius 2 is 1.10 bits per heavy atom. The second kappa shape index (κ2) is 36.2. The van der Waals surface area contributed by atoms with E-state index in [-0.39, 0.29) is 27.2 Å². The second-order valence-electron chi connectivity index (χ2n) is 13.6. The van der Waals surface area contributed by atoms with Gasteiger partial charge in [-0.25, -0.2) is 9.13 Å². The predicted molar refractivity (Wildman–Crippen MR) is 253 cm³/mol. The third kappa shape index (κ3) is 30.8. The van der Waals surface area contributed by atoms with Gasteiger partial charge in [-0.15, -0.1) is 6.42 Å². The summed E-state index contributed by atoms with van der Waals surface area (Å²) in [6.07, 6.45) is 6.54. The number of phosphoric ester groups is 2. The fraction of sp³-hybridized carbons (Fsp3) is 0.667. The van der Waals surface area contributed by atoms with E-state index < -0.39 is 84.3 Å².